The third-order valence-corrected chi connectivity index (χ3v) is 5.16. The Bertz CT molecular complexity index is 715. The van der Waals surface area contributed by atoms with E-state index in [4.69, 9.17) is 9.47 Å². The summed E-state index contributed by atoms with van der Waals surface area (Å²) in [6, 6.07) is 7.64. The van der Waals surface area contributed by atoms with E-state index in [1.54, 1.807) is 20.0 Å². The number of aromatic nitrogens is 1. The van der Waals surface area contributed by atoms with Gasteiger partial charge in [-0.25, -0.2) is 9.78 Å². The Labute approximate surface area is 151 Å². The molecule has 1 aromatic carbocycles. The molecule has 0 bridgehead atoms. The first-order valence-corrected chi connectivity index (χ1v) is 8.99. The summed E-state index contributed by atoms with van der Waals surface area (Å²) < 4.78 is 11.8. The molecular formula is C18H22N2O4S. The molecule has 3 rings (SSSR count). The van der Waals surface area contributed by atoms with Crippen LogP contribution in [0.2, 0.25) is 0 Å². The van der Waals surface area contributed by atoms with Crippen LogP contribution in [-0.4, -0.2) is 39.5 Å². The van der Waals surface area contributed by atoms with E-state index >= 15 is 0 Å². The zero-order valence-electron chi connectivity index (χ0n) is 14.5. The topological polar surface area (TPSA) is 71.9 Å². The van der Waals surface area contributed by atoms with Crippen molar-refractivity contribution in [2.45, 2.75) is 45.2 Å². The van der Waals surface area contributed by atoms with Gasteiger partial charge in [0.05, 0.1) is 19.3 Å². The summed E-state index contributed by atoms with van der Waals surface area (Å²) in [6.45, 7) is 6.19. The number of nitrogens with zero attached hydrogens (tertiary/aromatic N) is 2. The molecule has 7 heteroatoms. The summed E-state index contributed by atoms with van der Waals surface area (Å²) >= 11 is 1.46. The van der Waals surface area contributed by atoms with E-state index in [9.17, 15) is 9.90 Å². The molecular weight excluding hydrogens is 340 g/mol. The maximum atomic E-state index is 11.8. The SMILES string of the molecule is Cc1ccc(COC(c2nccs2)C2COC(C)(C)N2C(=O)O)cc1. The van der Waals surface area contributed by atoms with Gasteiger partial charge in [0, 0.05) is 11.6 Å². The van der Waals surface area contributed by atoms with Crippen molar-refractivity contribution in [3.05, 3.63) is 52.0 Å². The molecule has 134 valence electrons. The highest BCUT2D eigenvalue weighted by Gasteiger charge is 2.48. The number of amides is 1. The van der Waals surface area contributed by atoms with Crippen LogP contribution >= 0.6 is 11.3 Å². The molecule has 2 aromatic rings. The van der Waals surface area contributed by atoms with Gasteiger partial charge in [0.2, 0.25) is 0 Å². The van der Waals surface area contributed by atoms with Gasteiger partial charge in [0.1, 0.15) is 16.8 Å². The first kappa shape index (κ1) is 17.8. The lowest BCUT2D eigenvalue weighted by atomic mass is 10.1. The summed E-state index contributed by atoms with van der Waals surface area (Å²) in [5.74, 6) is 0. The fourth-order valence-electron chi connectivity index (χ4n) is 3.02. The number of hydrogen-bond donors (Lipinski definition) is 1. The summed E-state index contributed by atoms with van der Waals surface area (Å²) in [5, 5.41) is 12.3. The molecule has 0 saturated carbocycles. The van der Waals surface area contributed by atoms with E-state index in [0.717, 1.165) is 10.6 Å². The van der Waals surface area contributed by atoms with Crippen LogP contribution in [0.4, 0.5) is 4.79 Å². The predicted octanol–water partition coefficient (Wildman–Crippen LogP) is 3.82. The summed E-state index contributed by atoms with van der Waals surface area (Å²) in [7, 11) is 0. The first-order chi connectivity index (χ1) is 11.9. The molecule has 1 N–H and O–H groups in total. The standard InChI is InChI=1S/C18H22N2O4S/c1-12-4-6-13(7-5-12)10-23-15(16-19-8-9-25-16)14-11-24-18(2,3)20(14)17(21)22/h4-9,14-15H,10-11H2,1-3H3,(H,21,22). The van der Waals surface area contributed by atoms with Crippen LogP contribution in [0, 0.1) is 6.92 Å². The Kier molecular flexibility index (Phi) is 5.08. The molecule has 6 nitrogen and oxygen atoms in total. The maximum Gasteiger partial charge on any atom is 0.410 e. The number of aryl methyl sites for hydroxylation is 1. The second-order valence-electron chi connectivity index (χ2n) is 6.57. The van der Waals surface area contributed by atoms with E-state index in [1.165, 1.54) is 21.8 Å². The van der Waals surface area contributed by atoms with Gasteiger partial charge in [-0.2, -0.15) is 0 Å². The molecule has 2 unspecified atom stereocenters. The lowest BCUT2D eigenvalue weighted by Gasteiger charge is -2.33. The summed E-state index contributed by atoms with van der Waals surface area (Å²) in [6.07, 6.45) is 0.209. The molecule has 1 aliphatic rings. The highest BCUT2D eigenvalue weighted by molar-refractivity contribution is 7.09. The van der Waals surface area contributed by atoms with Crippen molar-refractivity contribution in [1.29, 1.82) is 0 Å². The average molecular weight is 362 g/mol. The molecule has 2 atom stereocenters. The van der Waals surface area contributed by atoms with Crippen LogP contribution in [0.15, 0.2) is 35.8 Å². The monoisotopic (exact) mass is 362 g/mol. The number of benzene rings is 1. The third-order valence-electron chi connectivity index (χ3n) is 4.32. The van der Waals surface area contributed by atoms with Gasteiger partial charge in [-0.1, -0.05) is 29.8 Å². The van der Waals surface area contributed by atoms with Crippen LogP contribution in [0.1, 0.15) is 36.1 Å². The van der Waals surface area contributed by atoms with Gasteiger partial charge in [-0.15, -0.1) is 11.3 Å². The van der Waals surface area contributed by atoms with Gasteiger partial charge in [0.25, 0.3) is 0 Å². The Hall–Kier alpha value is -1.96. The van der Waals surface area contributed by atoms with E-state index in [1.807, 2.05) is 36.6 Å². The molecule has 25 heavy (non-hydrogen) atoms. The van der Waals surface area contributed by atoms with Gasteiger partial charge in [-0.05, 0) is 26.3 Å². The van der Waals surface area contributed by atoms with Gasteiger partial charge >= 0.3 is 6.09 Å². The van der Waals surface area contributed by atoms with Crippen LogP contribution < -0.4 is 0 Å². The molecule has 1 aromatic heterocycles. The van der Waals surface area contributed by atoms with Crippen molar-refractivity contribution in [3.63, 3.8) is 0 Å². The van der Waals surface area contributed by atoms with Crippen molar-refractivity contribution in [2.75, 3.05) is 6.61 Å². The quantitative estimate of drug-likeness (QED) is 0.875. The maximum absolute atomic E-state index is 11.8. The van der Waals surface area contributed by atoms with Gasteiger partial charge < -0.3 is 14.6 Å². The minimum Gasteiger partial charge on any atom is -0.465 e. The fourth-order valence-corrected chi connectivity index (χ4v) is 3.76. The van der Waals surface area contributed by atoms with Gasteiger partial charge in [-0.3, -0.25) is 4.90 Å². The average Bonchev–Trinajstić information content (AvgIpc) is 3.17. The minimum absolute atomic E-state index is 0.275. The van der Waals surface area contributed by atoms with Crippen LogP contribution in [0.25, 0.3) is 0 Å². The lowest BCUT2D eigenvalue weighted by Crippen LogP contribution is -2.49. The summed E-state index contributed by atoms with van der Waals surface area (Å²) in [4.78, 5) is 17.5. The largest absolute Gasteiger partial charge is 0.465 e. The Morgan fingerprint density at radius 2 is 2.20 bits per heavy atom. The smallest absolute Gasteiger partial charge is 0.410 e. The number of carbonyl (C=O) groups is 1. The van der Waals surface area contributed by atoms with E-state index in [-0.39, 0.29) is 6.61 Å². The molecule has 0 spiro atoms. The van der Waals surface area contributed by atoms with Gasteiger partial charge in [0.15, 0.2) is 0 Å². The first-order valence-electron chi connectivity index (χ1n) is 8.11. The molecule has 0 aliphatic carbocycles. The molecule has 0 radical (unpaired) electrons. The fraction of sp³-hybridized carbons (Fsp3) is 0.444. The molecule has 1 aliphatic heterocycles. The number of ether oxygens (including phenoxy) is 2. The molecule has 2 heterocycles. The van der Waals surface area contributed by atoms with Crippen molar-refractivity contribution < 1.29 is 19.4 Å². The molecule has 1 amide bonds. The molecule has 1 saturated heterocycles. The van der Waals surface area contributed by atoms with E-state index in [0.29, 0.717) is 6.61 Å². The third kappa shape index (κ3) is 3.84. The second kappa shape index (κ2) is 7.11. The highest BCUT2D eigenvalue weighted by Crippen LogP contribution is 2.37. The number of carboxylic acid groups (broad SMARTS) is 1. The van der Waals surface area contributed by atoms with Crippen molar-refractivity contribution in [3.8, 4) is 0 Å². The van der Waals surface area contributed by atoms with Crippen LogP contribution in [0.5, 0.6) is 0 Å². The normalized spacial score (nSPS) is 20.6. The lowest BCUT2D eigenvalue weighted by molar-refractivity contribution is -0.0545. The number of hydrogen-bond acceptors (Lipinski definition) is 5. The van der Waals surface area contributed by atoms with Crippen LogP contribution in [-0.2, 0) is 16.1 Å². The Balaban J connectivity index is 1.83. The van der Waals surface area contributed by atoms with Crippen molar-refractivity contribution >= 4 is 17.4 Å². The van der Waals surface area contributed by atoms with E-state index < -0.39 is 24.0 Å². The number of rotatable bonds is 5. The number of thiazole rings is 1. The zero-order chi connectivity index (χ0) is 18.0. The molecule has 1 fully saturated rings. The van der Waals surface area contributed by atoms with Crippen molar-refractivity contribution in [1.82, 2.24) is 9.88 Å². The van der Waals surface area contributed by atoms with E-state index in [2.05, 4.69) is 4.98 Å². The predicted molar refractivity (Wildman–Crippen MR) is 94.5 cm³/mol. The van der Waals surface area contributed by atoms with Crippen LogP contribution in [0.3, 0.4) is 0 Å². The highest BCUT2D eigenvalue weighted by atomic mass is 32.1. The zero-order valence-corrected chi connectivity index (χ0v) is 15.3. The minimum atomic E-state index is -1.02. The second-order valence-corrected chi connectivity index (χ2v) is 7.49. The Morgan fingerprint density at radius 3 is 2.80 bits per heavy atom. The van der Waals surface area contributed by atoms with Crippen molar-refractivity contribution in [2.24, 2.45) is 0 Å². The summed E-state index contributed by atoms with van der Waals surface area (Å²) in [5.41, 5.74) is 1.33. The Morgan fingerprint density at radius 1 is 1.48 bits per heavy atom.